The summed E-state index contributed by atoms with van der Waals surface area (Å²) in [6.07, 6.45) is -0.350. The van der Waals surface area contributed by atoms with Crippen molar-refractivity contribution in [3.63, 3.8) is 0 Å². The maximum absolute atomic E-state index is 12.6. The molecule has 1 aromatic rings. The molecule has 21 heavy (non-hydrogen) atoms. The second-order valence-electron chi connectivity index (χ2n) is 7.12. The molecule has 0 aromatic heterocycles. The molecule has 0 fully saturated rings. The van der Waals surface area contributed by atoms with Crippen molar-refractivity contribution >= 4 is 29.1 Å². The van der Waals surface area contributed by atoms with Crippen LogP contribution in [0.4, 0.5) is 16.2 Å². The van der Waals surface area contributed by atoms with Crippen molar-refractivity contribution in [1.82, 2.24) is 0 Å². The molecular formula is C16H23ClN2O2. The van der Waals surface area contributed by atoms with E-state index < -0.39 is 11.1 Å². The van der Waals surface area contributed by atoms with Gasteiger partial charge < -0.3 is 10.1 Å². The van der Waals surface area contributed by atoms with Crippen molar-refractivity contribution in [2.24, 2.45) is 0 Å². The summed E-state index contributed by atoms with van der Waals surface area (Å²) in [5.74, 6) is 0. The number of hydrogen-bond acceptors (Lipinski definition) is 3. The standard InChI is InChI=1S/C16H23ClN2O2/c1-10-7-11(17)13-12(8-10)19(16(5,6)9-18-13)14(20)21-15(2,3)4/h7-8,18H,9H2,1-6H3. The average Bonchev–Trinajstić information content (AvgIpc) is 2.23. The summed E-state index contributed by atoms with van der Waals surface area (Å²) in [7, 11) is 0. The van der Waals surface area contributed by atoms with Crippen LogP contribution < -0.4 is 10.2 Å². The zero-order chi connectivity index (χ0) is 16.0. The number of aryl methyl sites for hydroxylation is 1. The summed E-state index contributed by atoms with van der Waals surface area (Å²) in [5, 5.41) is 3.93. The number of anilines is 2. The van der Waals surface area contributed by atoms with Crippen molar-refractivity contribution in [3.05, 3.63) is 22.7 Å². The van der Waals surface area contributed by atoms with Gasteiger partial charge in [0.1, 0.15) is 5.60 Å². The van der Waals surface area contributed by atoms with E-state index in [1.54, 1.807) is 4.90 Å². The van der Waals surface area contributed by atoms with Crippen LogP contribution in [0.1, 0.15) is 40.2 Å². The van der Waals surface area contributed by atoms with Gasteiger partial charge in [0.15, 0.2) is 0 Å². The number of amides is 1. The first kappa shape index (κ1) is 16.0. The summed E-state index contributed by atoms with van der Waals surface area (Å²) >= 11 is 6.30. The van der Waals surface area contributed by atoms with E-state index >= 15 is 0 Å². The highest BCUT2D eigenvalue weighted by molar-refractivity contribution is 6.34. The highest BCUT2D eigenvalue weighted by Crippen LogP contribution is 2.42. The van der Waals surface area contributed by atoms with Gasteiger partial charge in [-0.1, -0.05) is 11.6 Å². The van der Waals surface area contributed by atoms with Gasteiger partial charge in [0.2, 0.25) is 0 Å². The van der Waals surface area contributed by atoms with Gasteiger partial charge in [0.05, 0.1) is 21.9 Å². The van der Waals surface area contributed by atoms with Crippen molar-refractivity contribution in [3.8, 4) is 0 Å². The topological polar surface area (TPSA) is 41.6 Å². The number of carbonyl (C=O) groups excluding carboxylic acids is 1. The second-order valence-corrected chi connectivity index (χ2v) is 7.53. The van der Waals surface area contributed by atoms with E-state index in [0.717, 1.165) is 16.9 Å². The van der Waals surface area contributed by atoms with E-state index in [1.807, 2.05) is 53.7 Å². The molecule has 0 spiro atoms. The fraction of sp³-hybridized carbons (Fsp3) is 0.562. The van der Waals surface area contributed by atoms with Gasteiger partial charge in [-0.3, -0.25) is 4.90 Å². The van der Waals surface area contributed by atoms with Crippen LogP contribution in [0.15, 0.2) is 12.1 Å². The van der Waals surface area contributed by atoms with Gasteiger partial charge in [-0.25, -0.2) is 4.79 Å². The van der Waals surface area contributed by atoms with Crippen molar-refractivity contribution < 1.29 is 9.53 Å². The fourth-order valence-electron chi connectivity index (χ4n) is 2.44. The molecule has 4 nitrogen and oxygen atoms in total. The highest BCUT2D eigenvalue weighted by atomic mass is 35.5. The first-order valence-electron chi connectivity index (χ1n) is 7.08. The van der Waals surface area contributed by atoms with Crippen molar-refractivity contribution in [2.75, 3.05) is 16.8 Å². The Balaban J connectivity index is 2.51. The summed E-state index contributed by atoms with van der Waals surface area (Å²) in [6, 6.07) is 3.85. The van der Waals surface area contributed by atoms with Crippen LogP contribution in [0.25, 0.3) is 0 Å². The molecule has 0 atom stereocenters. The van der Waals surface area contributed by atoms with E-state index in [0.29, 0.717) is 11.6 Å². The number of hydrogen-bond donors (Lipinski definition) is 1. The maximum atomic E-state index is 12.6. The van der Waals surface area contributed by atoms with E-state index in [-0.39, 0.29) is 6.09 Å². The van der Waals surface area contributed by atoms with Crippen LogP contribution in [-0.2, 0) is 4.74 Å². The molecule has 1 N–H and O–H groups in total. The molecule has 0 bridgehead atoms. The Hall–Kier alpha value is -1.42. The number of nitrogens with zero attached hydrogens (tertiary/aromatic N) is 1. The molecule has 1 aliphatic rings. The van der Waals surface area contributed by atoms with Crippen molar-refractivity contribution in [2.45, 2.75) is 52.7 Å². The average molecular weight is 311 g/mol. The smallest absolute Gasteiger partial charge is 0.415 e. The summed E-state index contributed by atoms with van der Waals surface area (Å²) in [5.41, 5.74) is 1.63. The van der Waals surface area contributed by atoms with Crippen molar-refractivity contribution in [1.29, 1.82) is 0 Å². The lowest BCUT2D eigenvalue weighted by Gasteiger charge is -2.44. The third kappa shape index (κ3) is 3.26. The number of ether oxygens (including phenoxy) is 1. The zero-order valence-corrected chi connectivity index (χ0v) is 14.3. The van der Waals surface area contributed by atoms with E-state index in [4.69, 9.17) is 16.3 Å². The van der Waals surface area contributed by atoms with E-state index in [1.165, 1.54) is 0 Å². The fourth-order valence-corrected chi connectivity index (χ4v) is 2.77. The Morgan fingerprint density at radius 1 is 1.38 bits per heavy atom. The number of rotatable bonds is 0. The van der Waals surface area contributed by atoms with Gasteiger partial charge in [-0.05, 0) is 59.2 Å². The number of benzene rings is 1. The first-order chi connectivity index (χ1) is 9.51. The largest absolute Gasteiger partial charge is 0.443 e. The summed E-state index contributed by atoms with van der Waals surface area (Å²) in [6.45, 7) is 12.2. The Morgan fingerprint density at radius 2 is 2.00 bits per heavy atom. The predicted molar refractivity (Wildman–Crippen MR) is 87.5 cm³/mol. The van der Waals surface area contributed by atoms with Gasteiger partial charge in [0.25, 0.3) is 0 Å². The Bertz CT molecular complexity index is 576. The van der Waals surface area contributed by atoms with E-state index in [9.17, 15) is 4.79 Å². The molecular weight excluding hydrogens is 288 g/mol. The number of nitrogens with one attached hydrogen (secondary N) is 1. The lowest BCUT2D eigenvalue weighted by Crippen LogP contribution is -2.56. The molecule has 1 amide bonds. The molecule has 0 radical (unpaired) electrons. The SMILES string of the molecule is Cc1cc(Cl)c2c(c1)N(C(=O)OC(C)(C)C)C(C)(C)CN2. The monoisotopic (exact) mass is 310 g/mol. The predicted octanol–water partition coefficient (Wildman–Crippen LogP) is 4.59. The van der Waals surface area contributed by atoms with Gasteiger partial charge in [-0.2, -0.15) is 0 Å². The van der Waals surface area contributed by atoms with Crippen LogP contribution in [0.5, 0.6) is 0 Å². The zero-order valence-electron chi connectivity index (χ0n) is 13.5. The minimum absolute atomic E-state index is 0.350. The molecule has 0 aliphatic carbocycles. The first-order valence-corrected chi connectivity index (χ1v) is 7.46. The molecule has 5 heteroatoms. The molecule has 0 unspecified atom stereocenters. The quantitative estimate of drug-likeness (QED) is 0.761. The minimum Gasteiger partial charge on any atom is -0.443 e. The molecule has 1 aliphatic heterocycles. The van der Waals surface area contributed by atoms with Gasteiger partial charge >= 0.3 is 6.09 Å². The van der Waals surface area contributed by atoms with Crippen LogP contribution in [-0.4, -0.2) is 23.8 Å². The number of carbonyl (C=O) groups is 1. The van der Waals surface area contributed by atoms with Gasteiger partial charge in [-0.15, -0.1) is 0 Å². The summed E-state index contributed by atoms with van der Waals surface area (Å²) in [4.78, 5) is 14.3. The minimum atomic E-state index is -0.536. The molecule has 116 valence electrons. The molecule has 0 saturated heterocycles. The highest BCUT2D eigenvalue weighted by Gasteiger charge is 2.40. The van der Waals surface area contributed by atoms with Gasteiger partial charge in [0, 0.05) is 6.54 Å². The van der Waals surface area contributed by atoms with Crippen LogP contribution in [0.2, 0.25) is 5.02 Å². The summed E-state index contributed by atoms with van der Waals surface area (Å²) < 4.78 is 5.57. The Labute approximate surface area is 131 Å². The van der Waals surface area contributed by atoms with E-state index in [2.05, 4.69) is 5.32 Å². The maximum Gasteiger partial charge on any atom is 0.415 e. The number of halogens is 1. The second kappa shape index (κ2) is 5.09. The van der Waals surface area contributed by atoms with Crippen LogP contribution >= 0.6 is 11.6 Å². The molecule has 1 aromatic carbocycles. The Morgan fingerprint density at radius 3 is 2.57 bits per heavy atom. The normalized spacial score (nSPS) is 17.0. The third-order valence-corrected chi connectivity index (χ3v) is 3.63. The Kier molecular flexibility index (Phi) is 3.87. The number of fused-ring (bicyclic) bond motifs is 1. The molecule has 1 heterocycles. The molecule has 0 saturated carbocycles. The lowest BCUT2D eigenvalue weighted by molar-refractivity contribution is 0.0547. The third-order valence-electron chi connectivity index (χ3n) is 3.33. The van der Waals surface area contributed by atoms with Crippen LogP contribution in [0.3, 0.4) is 0 Å². The lowest BCUT2D eigenvalue weighted by atomic mass is 9.97. The van der Waals surface area contributed by atoms with Crippen LogP contribution in [0, 0.1) is 6.92 Å². The molecule has 2 rings (SSSR count).